The molecule has 10 aliphatic rings. The van der Waals surface area contributed by atoms with Gasteiger partial charge < -0.3 is 0 Å². The van der Waals surface area contributed by atoms with Gasteiger partial charge in [-0.25, -0.2) is 0 Å². The minimum absolute atomic E-state index is 0.342. The summed E-state index contributed by atoms with van der Waals surface area (Å²) in [7, 11) is 0. The Labute approximate surface area is 180 Å². The van der Waals surface area contributed by atoms with Gasteiger partial charge in [0.1, 0.15) is 0 Å². The number of hydrogen-bond acceptors (Lipinski definition) is 2. The molecule has 2 aromatic rings. The van der Waals surface area contributed by atoms with Gasteiger partial charge in [0.15, 0.2) is 0 Å². The molecule has 10 saturated heterocycles. The molecule has 12 rings (SSSR count). The first-order valence-corrected chi connectivity index (χ1v) is 19.4. The molecule has 1 spiro atoms. The number of hydrogen-bond donors (Lipinski definition) is 2. The molecule has 10 fully saturated rings. The number of allylic oxidation sites excluding steroid dienone is 1. The van der Waals surface area contributed by atoms with Gasteiger partial charge >= 0.3 is 181 Å². The van der Waals surface area contributed by atoms with Crippen molar-refractivity contribution in [3.8, 4) is 11.5 Å². The van der Waals surface area contributed by atoms with Gasteiger partial charge in [0.25, 0.3) is 0 Å². The normalized spacial score (nSPS) is 70.3. The Hall–Kier alpha value is -1.22. The zero-order chi connectivity index (χ0) is 20.3. The van der Waals surface area contributed by atoms with Gasteiger partial charge in [0.2, 0.25) is 0 Å². The van der Waals surface area contributed by atoms with Crippen molar-refractivity contribution < 1.29 is 16.7 Å². The molecule has 2 nitrogen and oxygen atoms in total. The van der Waals surface area contributed by atoms with Crippen LogP contribution in [0.5, 0.6) is 11.5 Å². The Bertz CT molecular complexity index is 1580. The number of rotatable bonds is 6. The summed E-state index contributed by atoms with van der Waals surface area (Å²) < 4.78 is 0.715. The van der Waals surface area contributed by atoms with Crippen LogP contribution < -0.4 is 0 Å². The number of aromatic hydroxyl groups is 2. The molecule has 31 heavy (non-hydrogen) atoms. The Kier molecular flexibility index (Phi) is 0.950. The van der Waals surface area contributed by atoms with Crippen molar-refractivity contribution in [2.45, 2.75) is 60.5 Å². The number of phenols is 2. The second kappa shape index (κ2) is 1.98. The molecule has 0 radical (unpaired) electrons. The van der Waals surface area contributed by atoms with Crippen LogP contribution in [-0.4, -0.2) is 15.5 Å². The van der Waals surface area contributed by atoms with Gasteiger partial charge in [-0.05, 0) is 0 Å². The average molecular weight is 517 g/mol. The molecule has 10 aliphatic heterocycles. The molecule has 10 heterocycles. The van der Waals surface area contributed by atoms with Crippen molar-refractivity contribution in [3.05, 3.63) is 65.2 Å². The van der Waals surface area contributed by atoms with Crippen LogP contribution in [0.4, 0.5) is 0 Å². The first-order valence-electron chi connectivity index (χ1n) is 12.0. The molecular weight excluding hydrogens is 492 g/mol. The predicted octanol–water partition coefficient (Wildman–Crippen LogP) is 7.83. The summed E-state index contributed by atoms with van der Waals surface area (Å²) in [6.45, 7) is -3.33. The van der Waals surface area contributed by atoms with Crippen molar-refractivity contribution in [2.75, 3.05) is 5.33 Å². The van der Waals surface area contributed by atoms with E-state index in [9.17, 15) is 10.2 Å². The minimum atomic E-state index is -3.33. The van der Waals surface area contributed by atoms with Crippen LogP contribution in [0.15, 0.2) is 54.1 Å². The molecule has 4 unspecified atom stereocenters. The van der Waals surface area contributed by atoms with E-state index < -0.39 is 6.51 Å². The van der Waals surface area contributed by atoms with Gasteiger partial charge in [0, 0.05) is 0 Å². The molecule has 2 aromatic carbocycles. The van der Waals surface area contributed by atoms with Crippen molar-refractivity contribution in [1.82, 2.24) is 0 Å². The predicted molar refractivity (Wildman–Crippen MR) is 122 cm³/mol. The van der Waals surface area contributed by atoms with Gasteiger partial charge in [0.05, 0.1) is 0 Å². The molecule has 0 aliphatic carbocycles. The quantitative estimate of drug-likeness (QED) is 0.303. The van der Waals surface area contributed by atoms with E-state index in [0.717, 1.165) is 5.33 Å². The fourth-order valence-electron chi connectivity index (χ4n) is 19.5. The Morgan fingerprint density at radius 3 is 1.52 bits per heavy atom. The van der Waals surface area contributed by atoms with E-state index >= 15 is 0 Å². The summed E-state index contributed by atoms with van der Waals surface area (Å²) in [5.41, 5.74) is 5.86. The monoisotopic (exact) mass is 516 g/mol. The Balaban J connectivity index is 1.21. The van der Waals surface area contributed by atoms with Crippen molar-refractivity contribution in [2.24, 2.45) is 0 Å². The van der Waals surface area contributed by atoms with Crippen LogP contribution in [0.25, 0.3) is 5.57 Å². The van der Waals surface area contributed by atoms with E-state index in [1.807, 2.05) is 29.8 Å². The standard InChI is InChI=1S/C22H20BrO2.C5H5.Fe/c23-15-3-6-21(16-4-1-2-5-16)22(17-7-11-19(24)12-8-17)18-9-13-20(25)14-10-18;1-2-4-5-3-1;/h1-2,4-5,7-14,24-25H,3,6,15H2;1-5H;. The molecule has 4 atom stereocenters. The van der Waals surface area contributed by atoms with E-state index in [1.165, 1.54) is 72.9 Å². The van der Waals surface area contributed by atoms with E-state index in [4.69, 9.17) is 0 Å². The summed E-state index contributed by atoms with van der Waals surface area (Å²) in [5, 5.41) is 21.1. The van der Waals surface area contributed by atoms with Crippen LogP contribution in [0, 0.1) is 0 Å². The van der Waals surface area contributed by atoms with Crippen LogP contribution in [0.2, 0.25) is 47.7 Å². The van der Waals surface area contributed by atoms with Crippen molar-refractivity contribution >= 4 is 21.5 Å². The molecule has 2 N–H and O–H groups in total. The second-order valence-electron chi connectivity index (χ2n) is 14.4. The summed E-state index contributed by atoms with van der Waals surface area (Å²) in [6, 6.07) is 16.0. The van der Waals surface area contributed by atoms with Gasteiger partial charge in [-0.1, -0.05) is 0 Å². The summed E-state index contributed by atoms with van der Waals surface area (Å²) in [5.74, 6) is 0.683. The third-order valence-electron chi connectivity index (χ3n) is 18.3. The molecule has 0 bridgehead atoms. The van der Waals surface area contributed by atoms with E-state index in [0.29, 0.717) is 15.8 Å². The third kappa shape index (κ3) is 0.320. The molecular formula is C27H25BrFeO2. The van der Waals surface area contributed by atoms with Crippen molar-refractivity contribution in [1.29, 1.82) is 0 Å². The summed E-state index contributed by atoms with van der Waals surface area (Å²) in [4.78, 5) is 11.6. The number of halogens is 1. The van der Waals surface area contributed by atoms with E-state index in [2.05, 4.69) is 40.2 Å². The van der Waals surface area contributed by atoms with Gasteiger partial charge in [-0.15, -0.1) is 0 Å². The van der Waals surface area contributed by atoms with E-state index in [1.54, 1.807) is 0 Å². The summed E-state index contributed by atoms with van der Waals surface area (Å²) >= 11 is 3.75. The topological polar surface area (TPSA) is 40.5 Å². The molecule has 0 saturated carbocycles. The maximum absolute atomic E-state index is 9.99. The second-order valence-corrected chi connectivity index (χ2v) is 38.8. The third-order valence-corrected chi connectivity index (χ3v) is 61.3. The molecule has 4 heteroatoms. The van der Waals surface area contributed by atoms with Gasteiger partial charge in [-0.3, -0.25) is 0 Å². The first kappa shape index (κ1) is 14.8. The Morgan fingerprint density at radius 1 is 0.742 bits per heavy atom. The average Bonchev–Trinajstić information content (AvgIpc) is 3.72. The Morgan fingerprint density at radius 2 is 1.19 bits per heavy atom. The number of phenolic OH excluding ortho intramolecular Hbond substituents is 2. The van der Waals surface area contributed by atoms with Crippen LogP contribution in [0.3, 0.4) is 0 Å². The fraction of sp³-hybridized carbons (Fsp3) is 0.481. The first-order chi connectivity index (χ1) is 14.9. The maximum atomic E-state index is 9.99. The van der Waals surface area contributed by atoms with Crippen LogP contribution in [-0.2, 0) is 6.51 Å². The SMILES string of the molecule is Oc1ccc(C(=C(CCCBr)[C]23[CH]4[CH]5[CH]6[CH]2[Fe]56432789[CH]3[CH]2[CH]7[CH]8[CH]39)c2ccc(O)cc2)cc1. The van der Waals surface area contributed by atoms with Gasteiger partial charge in [-0.2, -0.15) is 0 Å². The zero-order valence-electron chi connectivity index (χ0n) is 17.1. The molecule has 0 aromatic heterocycles. The number of fused-ring (bicyclic) bond motifs is 10. The zero-order valence-corrected chi connectivity index (χ0v) is 19.8. The molecule has 160 valence electrons. The molecule has 0 amide bonds. The summed E-state index contributed by atoms with van der Waals surface area (Å²) in [6.07, 6.45) is 2.44. The van der Waals surface area contributed by atoms with E-state index in [-0.39, 0.29) is 0 Å². The van der Waals surface area contributed by atoms with Crippen LogP contribution >= 0.6 is 15.9 Å². The number of alkyl halides is 1. The van der Waals surface area contributed by atoms with Crippen LogP contribution in [0.1, 0.15) is 24.0 Å². The number of benzene rings is 2. The van der Waals surface area contributed by atoms with Crippen molar-refractivity contribution in [3.63, 3.8) is 0 Å². The fourth-order valence-corrected chi connectivity index (χ4v) is 94.3.